The van der Waals surface area contributed by atoms with E-state index in [1.165, 1.54) is 6.42 Å². The summed E-state index contributed by atoms with van der Waals surface area (Å²) in [5, 5.41) is 9.45. The lowest BCUT2D eigenvalue weighted by Crippen LogP contribution is -2.43. The third-order valence-electron chi connectivity index (χ3n) is 4.50. The largest absolute Gasteiger partial charge is 0.393 e. The Bertz CT molecular complexity index is 179. The second-order valence-electron chi connectivity index (χ2n) is 4.36. The fourth-order valence-corrected chi connectivity index (χ4v) is 4.36. The molecular weight excluding hydrogens is 112 g/mol. The van der Waals surface area contributed by atoms with E-state index in [-0.39, 0.29) is 6.10 Å². The molecule has 0 radical (unpaired) electrons. The van der Waals surface area contributed by atoms with E-state index < -0.39 is 0 Å². The highest BCUT2D eigenvalue weighted by atomic mass is 16.3. The topological polar surface area (TPSA) is 20.2 Å². The van der Waals surface area contributed by atoms with Crippen molar-refractivity contribution < 1.29 is 5.11 Å². The second-order valence-corrected chi connectivity index (χ2v) is 4.36. The summed E-state index contributed by atoms with van der Waals surface area (Å²) in [6, 6.07) is 0. The zero-order valence-electron chi connectivity index (χ0n) is 5.20. The summed E-state index contributed by atoms with van der Waals surface area (Å²) >= 11 is 0. The summed E-state index contributed by atoms with van der Waals surface area (Å²) in [6.45, 7) is 0. The Kier molecular flexibility index (Phi) is 0.353. The molecule has 9 heavy (non-hydrogen) atoms. The average molecular weight is 122 g/mol. The Labute approximate surface area is 54.1 Å². The van der Waals surface area contributed by atoms with Crippen LogP contribution in [-0.4, -0.2) is 11.2 Å². The van der Waals surface area contributed by atoms with E-state index in [2.05, 4.69) is 0 Å². The lowest BCUT2D eigenvalue weighted by Gasteiger charge is -2.38. The first-order valence-corrected chi connectivity index (χ1v) is 4.07. The van der Waals surface area contributed by atoms with E-state index in [4.69, 9.17) is 0 Å². The molecule has 0 aromatic rings. The Morgan fingerprint density at radius 2 is 1.44 bits per heavy atom. The maximum absolute atomic E-state index is 9.45. The molecule has 0 aliphatic heterocycles. The van der Waals surface area contributed by atoms with Crippen LogP contribution in [0.1, 0.15) is 6.42 Å². The minimum atomic E-state index is 0.156. The molecule has 5 fully saturated rings. The Morgan fingerprint density at radius 3 is 1.78 bits per heavy atom. The van der Waals surface area contributed by atoms with Crippen LogP contribution in [0.4, 0.5) is 0 Å². The molecule has 4 atom stereocenters. The average Bonchev–Trinajstić information content (AvgIpc) is 2.39. The third-order valence-corrected chi connectivity index (χ3v) is 4.50. The molecule has 5 saturated carbocycles. The summed E-state index contributed by atoms with van der Waals surface area (Å²) in [4.78, 5) is 0. The van der Waals surface area contributed by atoms with Gasteiger partial charge in [-0.15, -0.1) is 0 Å². The molecule has 5 aliphatic rings. The van der Waals surface area contributed by atoms with Crippen LogP contribution in [0, 0.1) is 35.5 Å². The molecule has 5 rings (SSSR count). The van der Waals surface area contributed by atoms with E-state index in [9.17, 15) is 5.11 Å². The van der Waals surface area contributed by atoms with Crippen LogP contribution in [0.25, 0.3) is 0 Å². The molecule has 1 nitrogen and oxygen atoms in total. The predicted molar refractivity (Wildman–Crippen MR) is 31.6 cm³/mol. The number of aliphatic hydroxyl groups is 1. The van der Waals surface area contributed by atoms with Crippen molar-refractivity contribution in [1.82, 2.24) is 0 Å². The van der Waals surface area contributed by atoms with Crippen molar-refractivity contribution >= 4 is 0 Å². The smallest absolute Gasteiger partial charge is 0.0607 e. The number of aliphatic hydroxyl groups excluding tert-OH is 1. The second kappa shape index (κ2) is 0.800. The molecule has 0 spiro atoms. The zero-order chi connectivity index (χ0) is 5.75. The highest BCUT2D eigenvalue weighted by molar-refractivity contribution is 5.30. The number of hydrogen-bond acceptors (Lipinski definition) is 1. The van der Waals surface area contributed by atoms with Gasteiger partial charge in [0.2, 0.25) is 0 Å². The maximum atomic E-state index is 9.45. The predicted octanol–water partition coefficient (Wildman–Crippen LogP) is 0.489. The van der Waals surface area contributed by atoms with Gasteiger partial charge in [0.25, 0.3) is 0 Å². The van der Waals surface area contributed by atoms with Crippen LogP contribution in [0.5, 0.6) is 0 Å². The first-order chi connectivity index (χ1) is 4.39. The highest BCUT2D eigenvalue weighted by Gasteiger charge is 2.83. The Morgan fingerprint density at radius 1 is 0.889 bits per heavy atom. The Hall–Kier alpha value is -0.0400. The van der Waals surface area contributed by atoms with Crippen molar-refractivity contribution in [3.8, 4) is 0 Å². The van der Waals surface area contributed by atoms with Crippen molar-refractivity contribution in [2.24, 2.45) is 35.5 Å². The molecule has 0 heterocycles. The first-order valence-electron chi connectivity index (χ1n) is 4.07. The van der Waals surface area contributed by atoms with Gasteiger partial charge in [-0.05, 0) is 41.9 Å². The molecule has 0 aromatic carbocycles. The van der Waals surface area contributed by atoms with E-state index in [0.29, 0.717) is 0 Å². The molecular formula is C8H10O. The summed E-state index contributed by atoms with van der Waals surface area (Å²) in [6.07, 6.45) is 1.64. The number of hydrogen-bond donors (Lipinski definition) is 1. The summed E-state index contributed by atoms with van der Waals surface area (Å²) < 4.78 is 0. The van der Waals surface area contributed by atoms with Crippen LogP contribution >= 0.6 is 0 Å². The minimum Gasteiger partial charge on any atom is -0.393 e. The molecule has 6 bridgehead atoms. The minimum absolute atomic E-state index is 0.156. The van der Waals surface area contributed by atoms with Crippen molar-refractivity contribution in [2.75, 3.05) is 0 Å². The molecule has 4 unspecified atom stereocenters. The standard InChI is InChI=1S/C8H10O/c9-8-6-3-1-2-4(6)5(2)7(3)8/h2-9H,1H2. The van der Waals surface area contributed by atoms with E-state index in [0.717, 1.165) is 35.5 Å². The van der Waals surface area contributed by atoms with Gasteiger partial charge < -0.3 is 5.11 Å². The lowest BCUT2D eigenvalue weighted by atomic mass is 9.70. The molecule has 1 N–H and O–H groups in total. The normalized spacial score (nSPS) is 87.0. The maximum Gasteiger partial charge on any atom is 0.0607 e. The molecule has 0 amide bonds. The molecule has 0 saturated heterocycles. The molecule has 48 valence electrons. The van der Waals surface area contributed by atoms with Crippen LogP contribution in [0.15, 0.2) is 0 Å². The number of rotatable bonds is 0. The quantitative estimate of drug-likeness (QED) is 0.495. The van der Waals surface area contributed by atoms with Crippen LogP contribution in [0.2, 0.25) is 0 Å². The van der Waals surface area contributed by atoms with E-state index in [1.54, 1.807) is 0 Å². The summed E-state index contributed by atoms with van der Waals surface area (Å²) in [5.74, 6) is 5.74. The van der Waals surface area contributed by atoms with Gasteiger partial charge in [-0.2, -0.15) is 0 Å². The summed E-state index contributed by atoms with van der Waals surface area (Å²) in [5.41, 5.74) is 0. The molecule has 0 aromatic heterocycles. The van der Waals surface area contributed by atoms with Crippen molar-refractivity contribution in [2.45, 2.75) is 12.5 Å². The van der Waals surface area contributed by atoms with Gasteiger partial charge in [-0.25, -0.2) is 0 Å². The van der Waals surface area contributed by atoms with Gasteiger partial charge in [0, 0.05) is 0 Å². The van der Waals surface area contributed by atoms with Gasteiger partial charge in [0.05, 0.1) is 6.10 Å². The van der Waals surface area contributed by atoms with E-state index in [1.807, 2.05) is 0 Å². The van der Waals surface area contributed by atoms with Gasteiger partial charge in [0.15, 0.2) is 0 Å². The lowest BCUT2D eigenvalue weighted by molar-refractivity contribution is -0.0477. The highest BCUT2D eigenvalue weighted by Crippen LogP contribution is 2.84. The van der Waals surface area contributed by atoms with Gasteiger partial charge in [0.1, 0.15) is 0 Å². The van der Waals surface area contributed by atoms with Gasteiger partial charge >= 0.3 is 0 Å². The van der Waals surface area contributed by atoms with Crippen LogP contribution in [-0.2, 0) is 0 Å². The molecule has 1 heteroatoms. The fourth-order valence-electron chi connectivity index (χ4n) is 4.36. The summed E-state index contributed by atoms with van der Waals surface area (Å²) in [7, 11) is 0. The fraction of sp³-hybridized carbons (Fsp3) is 1.00. The van der Waals surface area contributed by atoms with Gasteiger partial charge in [-0.3, -0.25) is 0 Å². The van der Waals surface area contributed by atoms with Crippen molar-refractivity contribution in [3.63, 3.8) is 0 Å². The monoisotopic (exact) mass is 122 g/mol. The van der Waals surface area contributed by atoms with Crippen LogP contribution < -0.4 is 0 Å². The Balaban J connectivity index is 1.98. The third kappa shape index (κ3) is 0.196. The van der Waals surface area contributed by atoms with Crippen LogP contribution in [0.3, 0.4) is 0 Å². The van der Waals surface area contributed by atoms with Crippen molar-refractivity contribution in [3.05, 3.63) is 0 Å². The zero-order valence-corrected chi connectivity index (χ0v) is 5.20. The van der Waals surface area contributed by atoms with Gasteiger partial charge in [-0.1, -0.05) is 0 Å². The van der Waals surface area contributed by atoms with Crippen molar-refractivity contribution in [1.29, 1.82) is 0 Å². The first kappa shape index (κ1) is 3.97. The SMILES string of the molecule is OC1C2C3CC4C2C4C13. The van der Waals surface area contributed by atoms with E-state index >= 15 is 0 Å². The molecule has 5 aliphatic carbocycles.